The lowest BCUT2D eigenvalue weighted by Gasteiger charge is -2.30. The predicted octanol–water partition coefficient (Wildman–Crippen LogP) is 4.29. The number of halogens is 2. The molecule has 148 valence electrons. The van der Waals surface area contributed by atoms with Crippen molar-refractivity contribution in [3.05, 3.63) is 17.6 Å². The van der Waals surface area contributed by atoms with Crippen molar-refractivity contribution in [2.45, 2.75) is 70.1 Å². The number of anilines is 1. The van der Waals surface area contributed by atoms with Crippen molar-refractivity contribution >= 4 is 6.01 Å². The van der Waals surface area contributed by atoms with Gasteiger partial charge in [0.2, 0.25) is 5.89 Å². The molecule has 1 atom stereocenters. The number of hydrogen-bond donors (Lipinski definition) is 0. The highest BCUT2D eigenvalue weighted by Crippen LogP contribution is 2.31. The Morgan fingerprint density at radius 3 is 2.59 bits per heavy atom. The van der Waals surface area contributed by atoms with Crippen LogP contribution in [0.5, 0.6) is 0 Å². The normalized spacial score (nSPS) is 22.3. The summed E-state index contributed by atoms with van der Waals surface area (Å²) in [6.45, 7) is 1.38. The van der Waals surface area contributed by atoms with E-state index in [-0.39, 0.29) is 6.01 Å². The maximum Gasteiger partial charge on any atom is 0.318 e. The molecule has 9 heteroatoms. The molecule has 3 heterocycles. The number of aromatic nitrogens is 4. The average Bonchev–Trinajstić information content (AvgIpc) is 3.26. The lowest BCUT2D eigenvalue weighted by atomic mass is 9.95. The molecular formula is C18H25F2N5O2. The molecule has 1 aliphatic heterocycles. The summed E-state index contributed by atoms with van der Waals surface area (Å²) in [5.41, 5.74) is 0. The van der Waals surface area contributed by atoms with Gasteiger partial charge in [-0.25, -0.2) is 0 Å². The van der Waals surface area contributed by atoms with Crippen molar-refractivity contribution in [2.75, 3.05) is 18.0 Å². The summed E-state index contributed by atoms with van der Waals surface area (Å²) < 4.78 is 35.9. The topological polar surface area (TPSA) is 81.1 Å². The van der Waals surface area contributed by atoms with Gasteiger partial charge in [-0.15, -0.1) is 5.10 Å². The highest BCUT2D eigenvalue weighted by molar-refractivity contribution is 5.25. The van der Waals surface area contributed by atoms with Crippen molar-refractivity contribution in [2.24, 2.45) is 5.92 Å². The zero-order chi connectivity index (χ0) is 18.6. The minimum absolute atomic E-state index is 0.166. The van der Waals surface area contributed by atoms with Crippen LogP contribution >= 0.6 is 0 Å². The van der Waals surface area contributed by atoms with Crippen LogP contribution in [0.25, 0.3) is 0 Å². The van der Waals surface area contributed by atoms with Gasteiger partial charge in [0.25, 0.3) is 5.89 Å². The summed E-state index contributed by atoms with van der Waals surface area (Å²) in [4.78, 5) is 6.52. The van der Waals surface area contributed by atoms with Gasteiger partial charge in [-0.1, -0.05) is 35.9 Å². The van der Waals surface area contributed by atoms with Gasteiger partial charge in [-0.3, -0.25) is 0 Å². The van der Waals surface area contributed by atoms with Crippen molar-refractivity contribution < 1.29 is 17.7 Å². The maximum absolute atomic E-state index is 12.7. The molecular weight excluding hydrogens is 356 g/mol. The lowest BCUT2D eigenvalue weighted by Crippen LogP contribution is -2.36. The van der Waals surface area contributed by atoms with Crippen molar-refractivity contribution in [1.29, 1.82) is 0 Å². The van der Waals surface area contributed by atoms with Gasteiger partial charge in [0, 0.05) is 25.4 Å². The molecule has 4 rings (SSSR count). The lowest BCUT2D eigenvalue weighted by molar-refractivity contribution is 0.115. The third kappa shape index (κ3) is 4.44. The van der Waals surface area contributed by atoms with Crippen LogP contribution in [0.4, 0.5) is 14.8 Å². The molecule has 2 aliphatic rings. The first-order valence-electron chi connectivity index (χ1n) is 9.88. The van der Waals surface area contributed by atoms with Crippen LogP contribution in [0.2, 0.25) is 0 Å². The number of nitrogens with zero attached hydrogens (tertiary/aromatic N) is 5. The third-order valence-electron chi connectivity index (χ3n) is 5.57. The molecule has 0 radical (unpaired) electrons. The van der Waals surface area contributed by atoms with Crippen LogP contribution in [0.1, 0.15) is 81.3 Å². The Bertz CT molecular complexity index is 727. The van der Waals surface area contributed by atoms with E-state index in [1.807, 2.05) is 4.90 Å². The average molecular weight is 381 g/mol. The Hall–Kier alpha value is -2.06. The van der Waals surface area contributed by atoms with Gasteiger partial charge in [-0.2, -0.15) is 13.8 Å². The summed E-state index contributed by atoms with van der Waals surface area (Å²) >= 11 is 0. The highest BCUT2D eigenvalue weighted by atomic mass is 19.3. The molecule has 1 unspecified atom stereocenters. The number of piperidine rings is 1. The van der Waals surface area contributed by atoms with Crippen LogP contribution in [0, 0.1) is 5.92 Å². The molecule has 0 aromatic carbocycles. The number of hydrogen-bond acceptors (Lipinski definition) is 7. The Balaban J connectivity index is 1.36. The second-order valence-corrected chi connectivity index (χ2v) is 7.62. The summed E-state index contributed by atoms with van der Waals surface area (Å²) in [5, 5.41) is 11.4. The van der Waals surface area contributed by atoms with Crippen molar-refractivity contribution in [1.82, 2.24) is 20.3 Å². The van der Waals surface area contributed by atoms with E-state index in [1.54, 1.807) is 0 Å². The van der Waals surface area contributed by atoms with Crippen LogP contribution in [0.15, 0.2) is 8.94 Å². The SMILES string of the molecule is FC(F)c1nnc(N2CCCC(Cc3nc(C4CCCCCC4)no3)C2)o1. The summed E-state index contributed by atoms with van der Waals surface area (Å²) in [5.74, 6) is 1.59. The van der Waals surface area contributed by atoms with Crippen LogP contribution in [-0.4, -0.2) is 33.4 Å². The molecule has 1 saturated heterocycles. The van der Waals surface area contributed by atoms with Crippen LogP contribution in [0.3, 0.4) is 0 Å². The fraction of sp³-hybridized carbons (Fsp3) is 0.778. The van der Waals surface area contributed by atoms with Gasteiger partial charge >= 0.3 is 12.4 Å². The minimum atomic E-state index is -2.74. The monoisotopic (exact) mass is 381 g/mol. The second kappa shape index (κ2) is 8.31. The van der Waals surface area contributed by atoms with Gasteiger partial charge < -0.3 is 13.8 Å². The molecule has 0 bridgehead atoms. The minimum Gasteiger partial charge on any atom is -0.402 e. The zero-order valence-electron chi connectivity index (χ0n) is 15.3. The molecule has 1 aliphatic carbocycles. The van der Waals surface area contributed by atoms with Crippen molar-refractivity contribution in [3.8, 4) is 0 Å². The highest BCUT2D eigenvalue weighted by Gasteiger charge is 2.27. The molecule has 0 N–H and O–H groups in total. The van der Waals surface area contributed by atoms with E-state index >= 15 is 0 Å². The van der Waals surface area contributed by atoms with E-state index in [0.29, 0.717) is 30.7 Å². The summed E-state index contributed by atoms with van der Waals surface area (Å²) in [6.07, 6.45) is 7.23. The first kappa shape index (κ1) is 18.3. The molecule has 7 nitrogen and oxygen atoms in total. The Labute approximate surface area is 156 Å². The smallest absolute Gasteiger partial charge is 0.318 e. The van der Waals surface area contributed by atoms with E-state index in [4.69, 9.17) is 8.94 Å². The first-order valence-corrected chi connectivity index (χ1v) is 9.88. The zero-order valence-corrected chi connectivity index (χ0v) is 15.3. The fourth-order valence-corrected chi connectivity index (χ4v) is 4.15. The Morgan fingerprint density at radius 1 is 1.04 bits per heavy atom. The Kier molecular flexibility index (Phi) is 5.63. The van der Waals surface area contributed by atoms with E-state index in [1.165, 1.54) is 25.7 Å². The molecule has 27 heavy (non-hydrogen) atoms. The summed E-state index contributed by atoms with van der Waals surface area (Å²) in [6, 6.07) is 0.166. The van der Waals surface area contributed by atoms with Gasteiger partial charge in [0.15, 0.2) is 5.82 Å². The third-order valence-corrected chi connectivity index (χ3v) is 5.57. The number of alkyl halides is 2. The quantitative estimate of drug-likeness (QED) is 0.715. The molecule has 1 saturated carbocycles. The Morgan fingerprint density at radius 2 is 1.85 bits per heavy atom. The fourth-order valence-electron chi connectivity index (χ4n) is 4.15. The van der Waals surface area contributed by atoms with Gasteiger partial charge in [0.05, 0.1) is 0 Å². The predicted molar refractivity (Wildman–Crippen MR) is 92.6 cm³/mol. The molecule has 0 amide bonds. The van der Waals surface area contributed by atoms with E-state index < -0.39 is 12.3 Å². The van der Waals surface area contributed by atoms with E-state index in [0.717, 1.165) is 38.1 Å². The molecule has 0 spiro atoms. The summed E-state index contributed by atoms with van der Waals surface area (Å²) in [7, 11) is 0. The van der Waals surface area contributed by atoms with Crippen LogP contribution < -0.4 is 4.90 Å². The largest absolute Gasteiger partial charge is 0.402 e. The maximum atomic E-state index is 12.7. The van der Waals surface area contributed by atoms with Crippen molar-refractivity contribution in [3.63, 3.8) is 0 Å². The molecule has 2 aromatic heterocycles. The first-order chi connectivity index (χ1) is 13.2. The number of rotatable bonds is 5. The molecule has 2 fully saturated rings. The molecule has 2 aromatic rings. The second-order valence-electron chi connectivity index (χ2n) is 7.62. The van der Waals surface area contributed by atoms with Crippen LogP contribution in [-0.2, 0) is 6.42 Å². The van der Waals surface area contributed by atoms with E-state index in [2.05, 4.69) is 20.3 Å². The standard InChI is InChI=1S/C18H25F2N5O2/c19-15(20)17-22-23-18(26-17)25-9-5-6-12(11-25)10-14-21-16(24-27-14)13-7-3-1-2-4-8-13/h12-13,15H,1-11H2. The van der Waals surface area contributed by atoms with Gasteiger partial charge in [-0.05, 0) is 31.6 Å². The van der Waals surface area contributed by atoms with Gasteiger partial charge in [0.1, 0.15) is 0 Å². The van der Waals surface area contributed by atoms with E-state index in [9.17, 15) is 8.78 Å².